The van der Waals surface area contributed by atoms with Gasteiger partial charge in [0.05, 0.1) is 11.6 Å². The highest BCUT2D eigenvalue weighted by molar-refractivity contribution is 5.33. The predicted molar refractivity (Wildman–Crippen MR) is 61.8 cm³/mol. The lowest BCUT2D eigenvalue weighted by Crippen LogP contribution is -1.99. The summed E-state index contributed by atoms with van der Waals surface area (Å²) in [5.74, 6) is -0.386. The Kier molecular flexibility index (Phi) is 3.54. The van der Waals surface area contributed by atoms with Crippen molar-refractivity contribution in [3.63, 3.8) is 0 Å². The third-order valence-electron chi connectivity index (χ3n) is 2.39. The van der Waals surface area contributed by atoms with Crippen molar-refractivity contribution in [2.45, 2.75) is 6.61 Å². The molecular weight excluding hydrogens is 236 g/mol. The van der Waals surface area contributed by atoms with Gasteiger partial charge in [-0.05, 0) is 36.4 Å². The summed E-state index contributed by atoms with van der Waals surface area (Å²) in [5, 5.41) is 8.60. The second kappa shape index (κ2) is 5.28. The van der Waals surface area contributed by atoms with Crippen molar-refractivity contribution in [1.29, 1.82) is 5.26 Å². The number of ether oxygens (including phenoxy) is 1. The van der Waals surface area contributed by atoms with E-state index in [9.17, 15) is 8.78 Å². The average molecular weight is 245 g/mol. The highest BCUT2D eigenvalue weighted by atomic mass is 19.1. The molecule has 0 aromatic heterocycles. The molecule has 2 aromatic rings. The molecule has 4 heteroatoms. The van der Waals surface area contributed by atoms with E-state index >= 15 is 0 Å². The molecule has 0 N–H and O–H groups in total. The molecule has 0 aliphatic carbocycles. The molecule has 0 aliphatic heterocycles. The van der Waals surface area contributed by atoms with E-state index in [4.69, 9.17) is 10.00 Å². The lowest BCUT2D eigenvalue weighted by molar-refractivity contribution is 0.299. The SMILES string of the molecule is N#Cc1ccc(COc2ccc(F)cc2)c(F)c1. The zero-order chi connectivity index (χ0) is 13.0. The molecule has 0 amide bonds. The molecule has 2 nitrogen and oxygen atoms in total. The maximum atomic E-state index is 13.5. The first kappa shape index (κ1) is 12.1. The van der Waals surface area contributed by atoms with Gasteiger partial charge in [0.25, 0.3) is 0 Å². The lowest BCUT2D eigenvalue weighted by atomic mass is 10.1. The van der Waals surface area contributed by atoms with Crippen LogP contribution < -0.4 is 4.74 Å². The summed E-state index contributed by atoms with van der Waals surface area (Å²) in [6, 6.07) is 11.5. The average Bonchev–Trinajstić information content (AvgIpc) is 2.39. The van der Waals surface area contributed by atoms with E-state index in [1.807, 2.05) is 6.07 Å². The number of hydrogen-bond donors (Lipinski definition) is 0. The van der Waals surface area contributed by atoms with Crippen molar-refractivity contribution in [2.24, 2.45) is 0 Å². The zero-order valence-corrected chi connectivity index (χ0v) is 9.36. The first-order valence-electron chi connectivity index (χ1n) is 5.26. The van der Waals surface area contributed by atoms with Crippen LogP contribution in [-0.2, 0) is 6.61 Å². The van der Waals surface area contributed by atoms with E-state index in [2.05, 4.69) is 0 Å². The standard InChI is InChI=1S/C14H9F2NO/c15-12-3-5-13(6-4-12)18-9-11-2-1-10(8-17)7-14(11)16/h1-7H,9H2. The smallest absolute Gasteiger partial charge is 0.131 e. The monoisotopic (exact) mass is 245 g/mol. The van der Waals surface area contributed by atoms with Crippen LogP contribution in [0.25, 0.3) is 0 Å². The van der Waals surface area contributed by atoms with Crippen LogP contribution in [0.15, 0.2) is 42.5 Å². The number of rotatable bonds is 3. The van der Waals surface area contributed by atoms with Crippen LogP contribution in [0.2, 0.25) is 0 Å². The highest BCUT2D eigenvalue weighted by Gasteiger charge is 2.04. The molecule has 0 radical (unpaired) electrons. The van der Waals surface area contributed by atoms with Gasteiger partial charge in [-0.2, -0.15) is 5.26 Å². The van der Waals surface area contributed by atoms with Gasteiger partial charge in [-0.3, -0.25) is 0 Å². The number of halogens is 2. The topological polar surface area (TPSA) is 33.0 Å². The summed E-state index contributed by atoms with van der Waals surface area (Å²) < 4.78 is 31.5. The van der Waals surface area contributed by atoms with E-state index in [-0.39, 0.29) is 18.0 Å². The quantitative estimate of drug-likeness (QED) is 0.830. The van der Waals surface area contributed by atoms with Crippen LogP contribution in [0.4, 0.5) is 8.78 Å². The van der Waals surface area contributed by atoms with Gasteiger partial charge in [0.1, 0.15) is 24.0 Å². The third-order valence-corrected chi connectivity index (χ3v) is 2.39. The van der Waals surface area contributed by atoms with E-state index in [1.54, 1.807) is 0 Å². The fourth-order valence-electron chi connectivity index (χ4n) is 1.43. The molecule has 0 saturated carbocycles. The fourth-order valence-corrected chi connectivity index (χ4v) is 1.43. The molecule has 18 heavy (non-hydrogen) atoms. The first-order chi connectivity index (χ1) is 8.69. The largest absolute Gasteiger partial charge is 0.489 e. The Bertz CT molecular complexity index is 588. The minimum atomic E-state index is -0.490. The third kappa shape index (κ3) is 2.83. The molecule has 2 aromatic carbocycles. The van der Waals surface area contributed by atoms with Gasteiger partial charge in [0, 0.05) is 5.56 Å². The maximum absolute atomic E-state index is 13.5. The van der Waals surface area contributed by atoms with E-state index in [1.165, 1.54) is 36.4 Å². The van der Waals surface area contributed by atoms with Gasteiger partial charge in [0.2, 0.25) is 0 Å². The number of hydrogen-bond acceptors (Lipinski definition) is 2. The molecule has 0 atom stereocenters. The van der Waals surface area contributed by atoms with Crippen LogP contribution in [0.5, 0.6) is 5.75 Å². The summed E-state index contributed by atoms with van der Waals surface area (Å²) >= 11 is 0. The van der Waals surface area contributed by atoms with Gasteiger partial charge < -0.3 is 4.74 Å². The van der Waals surface area contributed by atoms with Crippen LogP contribution in [-0.4, -0.2) is 0 Å². The van der Waals surface area contributed by atoms with E-state index < -0.39 is 5.82 Å². The molecule has 0 fully saturated rings. The Morgan fingerprint density at radius 1 is 1.06 bits per heavy atom. The number of benzene rings is 2. The van der Waals surface area contributed by atoms with Crippen molar-refractivity contribution < 1.29 is 13.5 Å². The van der Waals surface area contributed by atoms with Crippen molar-refractivity contribution >= 4 is 0 Å². The van der Waals surface area contributed by atoms with Gasteiger partial charge in [-0.1, -0.05) is 6.07 Å². The fraction of sp³-hybridized carbons (Fsp3) is 0.0714. The second-order valence-electron chi connectivity index (χ2n) is 3.66. The van der Waals surface area contributed by atoms with Crippen molar-refractivity contribution in [3.8, 4) is 11.8 Å². The van der Waals surface area contributed by atoms with Crippen molar-refractivity contribution in [3.05, 3.63) is 65.2 Å². The molecule has 0 heterocycles. The molecule has 0 spiro atoms. The maximum Gasteiger partial charge on any atom is 0.131 e. The lowest BCUT2D eigenvalue weighted by Gasteiger charge is -2.07. The number of nitriles is 1. The Labute approximate surface area is 103 Å². The second-order valence-corrected chi connectivity index (χ2v) is 3.66. The molecule has 0 aliphatic rings. The molecule has 0 saturated heterocycles. The van der Waals surface area contributed by atoms with Crippen LogP contribution in [0.3, 0.4) is 0 Å². The summed E-state index contributed by atoms with van der Waals surface area (Å²) in [4.78, 5) is 0. The first-order valence-corrected chi connectivity index (χ1v) is 5.26. The summed E-state index contributed by atoms with van der Waals surface area (Å²) in [6.45, 7) is 0.0309. The normalized spacial score (nSPS) is 9.83. The molecule has 0 bridgehead atoms. The Hall–Kier alpha value is -2.41. The Morgan fingerprint density at radius 2 is 1.78 bits per heavy atom. The van der Waals surface area contributed by atoms with Crippen molar-refractivity contribution in [1.82, 2.24) is 0 Å². The minimum Gasteiger partial charge on any atom is -0.489 e. The molecule has 0 unspecified atom stereocenters. The Balaban J connectivity index is 2.06. The predicted octanol–water partition coefficient (Wildman–Crippen LogP) is 3.42. The minimum absolute atomic E-state index is 0.0309. The molecular formula is C14H9F2NO. The summed E-state index contributed by atoms with van der Waals surface area (Å²) in [7, 11) is 0. The van der Waals surface area contributed by atoms with Gasteiger partial charge in [0.15, 0.2) is 0 Å². The zero-order valence-electron chi connectivity index (χ0n) is 9.36. The highest BCUT2D eigenvalue weighted by Crippen LogP contribution is 2.15. The van der Waals surface area contributed by atoms with Crippen LogP contribution >= 0.6 is 0 Å². The Morgan fingerprint density at radius 3 is 2.39 bits per heavy atom. The van der Waals surface area contributed by atoms with Crippen molar-refractivity contribution in [2.75, 3.05) is 0 Å². The van der Waals surface area contributed by atoms with Gasteiger partial charge in [-0.15, -0.1) is 0 Å². The molecule has 2 rings (SSSR count). The van der Waals surface area contributed by atoms with E-state index in [0.29, 0.717) is 11.3 Å². The van der Waals surface area contributed by atoms with Gasteiger partial charge >= 0.3 is 0 Å². The van der Waals surface area contributed by atoms with Gasteiger partial charge in [-0.25, -0.2) is 8.78 Å². The van der Waals surface area contributed by atoms with Crippen LogP contribution in [0, 0.1) is 23.0 Å². The van der Waals surface area contributed by atoms with E-state index in [0.717, 1.165) is 6.07 Å². The summed E-state index contributed by atoms with van der Waals surface area (Å²) in [5.41, 5.74) is 0.608. The summed E-state index contributed by atoms with van der Waals surface area (Å²) in [6.07, 6.45) is 0. The van der Waals surface area contributed by atoms with Crippen LogP contribution in [0.1, 0.15) is 11.1 Å². The molecule has 90 valence electrons. The number of nitrogens with zero attached hydrogens (tertiary/aromatic N) is 1.